The number of pyridine rings is 1. The molecule has 0 spiro atoms. The van der Waals surface area contributed by atoms with Gasteiger partial charge in [-0.1, -0.05) is 11.6 Å². The van der Waals surface area contributed by atoms with Crippen LogP contribution in [0.3, 0.4) is 0 Å². The van der Waals surface area contributed by atoms with Gasteiger partial charge < -0.3 is 9.84 Å². The molecule has 0 bridgehead atoms. The number of carboxylic acids is 1. The van der Waals surface area contributed by atoms with Crippen LogP contribution in [-0.2, 0) is 4.79 Å². The van der Waals surface area contributed by atoms with Crippen molar-refractivity contribution >= 4 is 17.6 Å². The molecular weight excluding hydrogens is 194 g/mol. The number of ether oxygens (including phenoxy) is 1. The van der Waals surface area contributed by atoms with Crippen molar-refractivity contribution in [3.05, 3.63) is 23.5 Å². The highest BCUT2D eigenvalue weighted by atomic mass is 35.5. The molecule has 0 aromatic carbocycles. The number of nitrogens with zero attached hydrogens (tertiary/aromatic N) is 1. The second-order valence-corrected chi connectivity index (χ2v) is 2.87. The van der Waals surface area contributed by atoms with Crippen LogP contribution in [0.25, 0.3) is 0 Å². The van der Waals surface area contributed by atoms with E-state index in [0.717, 1.165) is 0 Å². The van der Waals surface area contributed by atoms with Crippen molar-refractivity contribution in [3.63, 3.8) is 0 Å². The molecule has 0 radical (unpaired) electrons. The van der Waals surface area contributed by atoms with Crippen molar-refractivity contribution in [3.8, 4) is 5.75 Å². The molecule has 1 aromatic rings. The SMILES string of the molecule is C[C@H](Oc1cncc(Cl)c1)C(=O)O. The Morgan fingerprint density at radius 3 is 2.92 bits per heavy atom. The minimum atomic E-state index is -1.03. The highest BCUT2D eigenvalue weighted by Crippen LogP contribution is 2.16. The van der Waals surface area contributed by atoms with Crippen molar-refractivity contribution in [2.24, 2.45) is 0 Å². The zero-order valence-electron chi connectivity index (χ0n) is 6.90. The molecule has 0 fully saturated rings. The number of hydrogen-bond acceptors (Lipinski definition) is 3. The molecule has 1 N–H and O–H groups in total. The van der Waals surface area contributed by atoms with Crippen LogP contribution >= 0.6 is 11.6 Å². The van der Waals surface area contributed by atoms with E-state index in [1.807, 2.05) is 0 Å². The first-order valence-electron chi connectivity index (χ1n) is 3.59. The summed E-state index contributed by atoms with van der Waals surface area (Å²) in [5.74, 6) is -0.678. The molecule has 1 rings (SSSR count). The van der Waals surface area contributed by atoms with Gasteiger partial charge in [0.15, 0.2) is 6.10 Å². The second kappa shape index (κ2) is 4.09. The molecule has 4 nitrogen and oxygen atoms in total. The van der Waals surface area contributed by atoms with E-state index in [4.69, 9.17) is 21.4 Å². The molecule has 0 amide bonds. The van der Waals surface area contributed by atoms with E-state index in [1.54, 1.807) is 0 Å². The van der Waals surface area contributed by atoms with E-state index < -0.39 is 12.1 Å². The number of carboxylic acid groups (broad SMARTS) is 1. The van der Waals surface area contributed by atoms with Gasteiger partial charge in [0.25, 0.3) is 0 Å². The summed E-state index contributed by atoms with van der Waals surface area (Å²) in [4.78, 5) is 14.2. The van der Waals surface area contributed by atoms with Crippen LogP contribution in [0.5, 0.6) is 5.75 Å². The smallest absolute Gasteiger partial charge is 0.344 e. The van der Waals surface area contributed by atoms with Crippen LogP contribution in [0, 0.1) is 0 Å². The number of aliphatic carboxylic acids is 1. The summed E-state index contributed by atoms with van der Waals surface area (Å²) in [6, 6.07) is 1.51. The molecule has 5 heteroatoms. The predicted octanol–water partition coefficient (Wildman–Crippen LogP) is 1.59. The van der Waals surface area contributed by atoms with E-state index in [1.165, 1.54) is 25.4 Å². The monoisotopic (exact) mass is 201 g/mol. The predicted molar refractivity (Wildman–Crippen MR) is 47.0 cm³/mol. The Balaban J connectivity index is 2.69. The van der Waals surface area contributed by atoms with E-state index in [-0.39, 0.29) is 0 Å². The molecule has 0 aliphatic heterocycles. The molecule has 1 atom stereocenters. The van der Waals surface area contributed by atoms with Crippen molar-refractivity contribution in [1.29, 1.82) is 0 Å². The Morgan fingerprint density at radius 1 is 1.69 bits per heavy atom. The molecule has 1 aromatic heterocycles. The molecule has 0 unspecified atom stereocenters. The summed E-state index contributed by atoms with van der Waals surface area (Å²) in [7, 11) is 0. The van der Waals surface area contributed by atoms with Crippen molar-refractivity contribution in [2.75, 3.05) is 0 Å². The molecule has 70 valence electrons. The lowest BCUT2D eigenvalue weighted by atomic mass is 10.4. The normalized spacial score (nSPS) is 12.2. The zero-order valence-corrected chi connectivity index (χ0v) is 7.65. The lowest BCUT2D eigenvalue weighted by Gasteiger charge is -2.09. The Kier molecular flexibility index (Phi) is 3.08. The Hall–Kier alpha value is -1.29. The minimum Gasteiger partial charge on any atom is -0.479 e. The topological polar surface area (TPSA) is 59.4 Å². The number of aromatic nitrogens is 1. The van der Waals surface area contributed by atoms with Crippen LogP contribution in [0.4, 0.5) is 0 Å². The van der Waals surface area contributed by atoms with Gasteiger partial charge >= 0.3 is 5.97 Å². The van der Waals surface area contributed by atoms with Crippen molar-refractivity contribution in [2.45, 2.75) is 13.0 Å². The molecule has 13 heavy (non-hydrogen) atoms. The maximum atomic E-state index is 10.4. The quantitative estimate of drug-likeness (QED) is 0.807. The first kappa shape index (κ1) is 9.80. The Bertz CT molecular complexity index is 316. The fourth-order valence-electron chi connectivity index (χ4n) is 0.711. The number of rotatable bonds is 3. The van der Waals surface area contributed by atoms with Crippen LogP contribution < -0.4 is 4.74 Å². The maximum absolute atomic E-state index is 10.4. The van der Waals surface area contributed by atoms with Crippen LogP contribution in [-0.4, -0.2) is 22.2 Å². The lowest BCUT2D eigenvalue weighted by Crippen LogP contribution is -2.22. The average molecular weight is 202 g/mol. The first-order chi connectivity index (χ1) is 6.09. The third-order valence-electron chi connectivity index (χ3n) is 1.34. The third-order valence-corrected chi connectivity index (χ3v) is 1.55. The fraction of sp³-hybridized carbons (Fsp3) is 0.250. The Morgan fingerprint density at radius 2 is 2.38 bits per heavy atom. The van der Waals surface area contributed by atoms with Crippen LogP contribution in [0.2, 0.25) is 5.02 Å². The van der Waals surface area contributed by atoms with Crippen molar-refractivity contribution < 1.29 is 14.6 Å². The highest BCUT2D eigenvalue weighted by Gasteiger charge is 2.12. The summed E-state index contributed by atoms with van der Waals surface area (Å²) < 4.78 is 5.01. The molecule has 0 aliphatic carbocycles. The summed E-state index contributed by atoms with van der Waals surface area (Å²) in [5, 5.41) is 8.95. The van der Waals surface area contributed by atoms with Crippen molar-refractivity contribution in [1.82, 2.24) is 4.98 Å². The van der Waals surface area contributed by atoms with Gasteiger partial charge in [0, 0.05) is 12.3 Å². The number of carbonyl (C=O) groups is 1. The van der Waals surface area contributed by atoms with E-state index >= 15 is 0 Å². The minimum absolute atomic E-state index is 0.349. The third kappa shape index (κ3) is 2.91. The molecule has 0 aliphatic rings. The first-order valence-corrected chi connectivity index (χ1v) is 3.97. The van der Waals surface area contributed by atoms with E-state index in [0.29, 0.717) is 10.8 Å². The number of halogens is 1. The van der Waals surface area contributed by atoms with Gasteiger partial charge in [-0.15, -0.1) is 0 Å². The largest absolute Gasteiger partial charge is 0.479 e. The number of hydrogen-bond donors (Lipinski definition) is 1. The fourth-order valence-corrected chi connectivity index (χ4v) is 0.875. The van der Waals surface area contributed by atoms with Gasteiger partial charge in [-0.2, -0.15) is 0 Å². The van der Waals surface area contributed by atoms with Crippen LogP contribution in [0.15, 0.2) is 18.5 Å². The van der Waals surface area contributed by atoms with Crippen LogP contribution in [0.1, 0.15) is 6.92 Å². The highest BCUT2D eigenvalue weighted by molar-refractivity contribution is 6.30. The maximum Gasteiger partial charge on any atom is 0.344 e. The van der Waals surface area contributed by atoms with Gasteiger partial charge in [0.2, 0.25) is 0 Å². The molecule has 0 saturated carbocycles. The molecule has 1 heterocycles. The van der Waals surface area contributed by atoms with Gasteiger partial charge in [-0.3, -0.25) is 4.98 Å². The van der Waals surface area contributed by atoms with Gasteiger partial charge in [-0.25, -0.2) is 4.79 Å². The van der Waals surface area contributed by atoms with E-state index in [9.17, 15) is 4.79 Å². The summed E-state index contributed by atoms with van der Waals surface area (Å²) >= 11 is 5.62. The summed E-state index contributed by atoms with van der Waals surface area (Å²) in [6.45, 7) is 1.43. The van der Waals surface area contributed by atoms with Gasteiger partial charge in [-0.05, 0) is 6.92 Å². The zero-order chi connectivity index (χ0) is 9.84. The molecular formula is C8H8ClNO3. The second-order valence-electron chi connectivity index (χ2n) is 2.44. The molecule has 0 saturated heterocycles. The summed E-state index contributed by atoms with van der Waals surface area (Å²) in [6.07, 6.45) is 1.95. The average Bonchev–Trinajstić information content (AvgIpc) is 2.04. The summed E-state index contributed by atoms with van der Waals surface area (Å²) in [5.41, 5.74) is 0. The lowest BCUT2D eigenvalue weighted by molar-refractivity contribution is -0.144. The van der Waals surface area contributed by atoms with Gasteiger partial charge in [0.1, 0.15) is 5.75 Å². The van der Waals surface area contributed by atoms with Gasteiger partial charge in [0.05, 0.1) is 11.2 Å². The Labute approximate surface area is 80.1 Å². The standard InChI is InChI=1S/C8H8ClNO3/c1-5(8(11)12)13-7-2-6(9)3-10-4-7/h2-5H,1H3,(H,11,12)/t5-/m0/s1. The van der Waals surface area contributed by atoms with E-state index in [2.05, 4.69) is 4.98 Å².